The van der Waals surface area contributed by atoms with Crippen molar-refractivity contribution >= 4 is 45.6 Å². The molecule has 1 N–H and O–H groups in total. The molecule has 0 aromatic carbocycles. The Labute approximate surface area is 138 Å². The molecule has 1 aliphatic heterocycles. The van der Waals surface area contributed by atoms with Crippen molar-refractivity contribution in [2.75, 3.05) is 26.7 Å². The van der Waals surface area contributed by atoms with E-state index in [0.29, 0.717) is 13.1 Å². The van der Waals surface area contributed by atoms with Crippen LogP contribution in [0.3, 0.4) is 0 Å². The highest BCUT2D eigenvalue weighted by atomic mass is 79.9. The number of nitrogens with zero attached hydrogens (tertiary/aromatic N) is 1. The number of ether oxygens (including phenoxy) is 1. The van der Waals surface area contributed by atoms with Gasteiger partial charge in [0.2, 0.25) is 5.91 Å². The number of likely N-dealkylation sites (N-methyl/N-ethyl adjacent to an activating group) is 1. The van der Waals surface area contributed by atoms with Gasteiger partial charge in [-0.1, -0.05) is 0 Å². The van der Waals surface area contributed by atoms with Gasteiger partial charge in [-0.2, -0.15) is 0 Å². The average molecular weight is 384 g/mol. The average Bonchev–Trinajstić information content (AvgIpc) is 3.01. The number of carbonyl (C=O) groups excluding carboxylic acids is 1. The summed E-state index contributed by atoms with van der Waals surface area (Å²) < 4.78 is 6.60. The SMILES string of the molecule is CN(Cc1ccc(Br)s1)C(=O)CNCC1CCCO1.Cl. The number of nitrogens with one attached hydrogen (secondary N) is 1. The second kappa shape index (κ2) is 9.00. The molecule has 1 atom stereocenters. The molecule has 1 fully saturated rings. The Bertz CT molecular complexity index is 424. The predicted molar refractivity (Wildman–Crippen MR) is 87.6 cm³/mol. The summed E-state index contributed by atoms with van der Waals surface area (Å²) in [6.45, 7) is 2.66. The van der Waals surface area contributed by atoms with E-state index in [2.05, 4.69) is 21.2 Å². The number of amides is 1. The van der Waals surface area contributed by atoms with Crippen LogP contribution in [0.2, 0.25) is 0 Å². The lowest BCUT2D eigenvalue weighted by Gasteiger charge is -2.17. The smallest absolute Gasteiger partial charge is 0.236 e. The summed E-state index contributed by atoms with van der Waals surface area (Å²) in [6, 6.07) is 4.05. The molecule has 0 spiro atoms. The third kappa shape index (κ3) is 5.69. The molecule has 114 valence electrons. The summed E-state index contributed by atoms with van der Waals surface area (Å²) in [5.41, 5.74) is 0. The quantitative estimate of drug-likeness (QED) is 0.821. The molecule has 7 heteroatoms. The fourth-order valence-electron chi connectivity index (χ4n) is 2.04. The van der Waals surface area contributed by atoms with Crippen molar-refractivity contribution in [1.29, 1.82) is 0 Å². The van der Waals surface area contributed by atoms with E-state index in [0.717, 1.165) is 29.8 Å². The molecule has 4 nitrogen and oxygen atoms in total. The molecular weight excluding hydrogens is 364 g/mol. The minimum absolute atomic E-state index is 0. The van der Waals surface area contributed by atoms with Gasteiger partial charge in [0, 0.05) is 25.1 Å². The van der Waals surface area contributed by atoms with E-state index in [1.54, 1.807) is 16.2 Å². The fourth-order valence-corrected chi connectivity index (χ4v) is 3.58. The second-order valence-electron chi connectivity index (χ2n) is 4.72. The third-order valence-corrected chi connectivity index (χ3v) is 4.73. The number of thiophene rings is 1. The van der Waals surface area contributed by atoms with Crippen LogP contribution in [0.5, 0.6) is 0 Å². The lowest BCUT2D eigenvalue weighted by molar-refractivity contribution is -0.129. The molecule has 20 heavy (non-hydrogen) atoms. The monoisotopic (exact) mass is 382 g/mol. The Morgan fingerprint density at radius 2 is 2.40 bits per heavy atom. The molecule has 0 bridgehead atoms. The highest BCUT2D eigenvalue weighted by Gasteiger charge is 2.16. The fraction of sp³-hybridized carbons (Fsp3) is 0.615. The van der Waals surface area contributed by atoms with Crippen molar-refractivity contribution in [2.45, 2.75) is 25.5 Å². The Kier molecular flexibility index (Phi) is 8.06. The maximum atomic E-state index is 11.9. The Morgan fingerprint density at radius 1 is 1.60 bits per heavy atom. The van der Waals surface area contributed by atoms with Crippen molar-refractivity contribution in [1.82, 2.24) is 10.2 Å². The normalized spacial score (nSPS) is 17.8. The van der Waals surface area contributed by atoms with Gasteiger partial charge in [-0.3, -0.25) is 4.79 Å². The van der Waals surface area contributed by atoms with Gasteiger partial charge < -0.3 is 15.0 Å². The van der Waals surface area contributed by atoms with Crippen LogP contribution in [-0.4, -0.2) is 43.7 Å². The Morgan fingerprint density at radius 3 is 3.00 bits per heavy atom. The van der Waals surface area contributed by atoms with Gasteiger partial charge in [0.1, 0.15) is 0 Å². The zero-order chi connectivity index (χ0) is 13.7. The largest absolute Gasteiger partial charge is 0.377 e. The molecule has 1 aliphatic rings. The zero-order valence-corrected chi connectivity index (χ0v) is 14.7. The second-order valence-corrected chi connectivity index (χ2v) is 7.27. The van der Waals surface area contributed by atoms with Gasteiger partial charge in [-0.15, -0.1) is 23.7 Å². The van der Waals surface area contributed by atoms with E-state index < -0.39 is 0 Å². The standard InChI is InChI=1S/C13H19BrN2O2S.ClH/c1-16(9-11-4-5-12(14)19-11)13(17)8-15-7-10-3-2-6-18-10;/h4-5,10,15H,2-3,6-9H2,1H3;1H. The van der Waals surface area contributed by atoms with E-state index in [4.69, 9.17) is 4.74 Å². The summed E-state index contributed by atoms with van der Waals surface area (Å²) in [5, 5.41) is 3.18. The Balaban J connectivity index is 0.00000200. The first-order valence-corrected chi connectivity index (χ1v) is 8.06. The van der Waals surface area contributed by atoms with Crippen molar-refractivity contribution in [3.63, 3.8) is 0 Å². The molecule has 2 heterocycles. The van der Waals surface area contributed by atoms with Crippen LogP contribution in [0.25, 0.3) is 0 Å². The van der Waals surface area contributed by atoms with Gasteiger partial charge in [-0.25, -0.2) is 0 Å². The van der Waals surface area contributed by atoms with Crippen LogP contribution < -0.4 is 5.32 Å². The molecule has 1 saturated heterocycles. The molecule has 0 aliphatic carbocycles. The van der Waals surface area contributed by atoms with E-state index >= 15 is 0 Å². The van der Waals surface area contributed by atoms with Crippen LogP contribution in [0, 0.1) is 0 Å². The van der Waals surface area contributed by atoms with E-state index in [-0.39, 0.29) is 24.4 Å². The summed E-state index contributed by atoms with van der Waals surface area (Å²) in [7, 11) is 1.84. The predicted octanol–water partition coefficient (Wildman–Crippen LogP) is 2.66. The van der Waals surface area contributed by atoms with Crippen LogP contribution in [0.1, 0.15) is 17.7 Å². The highest BCUT2D eigenvalue weighted by Crippen LogP contribution is 2.22. The maximum absolute atomic E-state index is 11.9. The first-order chi connectivity index (χ1) is 9.15. The molecule has 1 aromatic rings. The topological polar surface area (TPSA) is 41.6 Å². The minimum atomic E-state index is 0. The summed E-state index contributed by atoms with van der Waals surface area (Å²) in [4.78, 5) is 14.9. The third-order valence-electron chi connectivity index (χ3n) is 3.12. The molecule has 1 unspecified atom stereocenters. The zero-order valence-electron chi connectivity index (χ0n) is 11.4. The number of rotatable bonds is 6. The minimum Gasteiger partial charge on any atom is -0.377 e. The van der Waals surface area contributed by atoms with E-state index in [1.165, 1.54) is 4.88 Å². The van der Waals surface area contributed by atoms with Crippen molar-refractivity contribution in [3.8, 4) is 0 Å². The lowest BCUT2D eigenvalue weighted by atomic mass is 10.2. The number of hydrogen-bond donors (Lipinski definition) is 1. The van der Waals surface area contributed by atoms with Crippen LogP contribution in [-0.2, 0) is 16.1 Å². The van der Waals surface area contributed by atoms with E-state index in [9.17, 15) is 4.79 Å². The molecule has 0 saturated carbocycles. The number of hydrogen-bond acceptors (Lipinski definition) is 4. The van der Waals surface area contributed by atoms with Crippen LogP contribution >= 0.6 is 39.7 Å². The molecule has 1 amide bonds. The molecular formula is C13H20BrClN2O2S. The summed E-state index contributed by atoms with van der Waals surface area (Å²) >= 11 is 5.09. The number of halogens is 2. The highest BCUT2D eigenvalue weighted by molar-refractivity contribution is 9.11. The molecule has 1 aromatic heterocycles. The van der Waals surface area contributed by atoms with Crippen molar-refractivity contribution in [2.24, 2.45) is 0 Å². The molecule has 0 radical (unpaired) electrons. The van der Waals surface area contributed by atoms with Crippen LogP contribution in [0.4, 0.5) is 0 Å². The van der Waals surface area contributed by atoms with Gasteiger partial charge in [0.15, 0.2) is 0 Å². The molecule has 2 rings (SSSR count). The van der Waals surface area contributed by atoms with Crippen LogP contribution in [0.15, 0.2) is 15.9 Å². The lowest BCUT2D eigenvalue weighted by Crippen LogP contribution is -2.37. The maximum Gasteiger partial charge on any atom is 0.236 e. The van der Waals surface area contributed by atoms with E-state index in [1.807, 2.05) is 19.2 Å². The van der Waals surface area contributed by atoms with Gasteiger partial charge in [-0.05, 0) is 40.9 Å². The van der Waals surface area contributed by atoms with Gasteiger partial charge in [0.05, 0.1) is 23.0 Å². The van der Waals surface area contributed by atoms with Crippen molar-refractivity contribution in [3.05, 3.63) is 20.8 Å². The van der Waals surface area contributed by atoms with Gasteiger partial charge in [0.25, 0.3) is 0 Å². The van der Waals surface area contributed by atoms with Gasteiger partial charge >= 0.3 is 0 Å². The van der Waals surface area contributed by atoms with Crippen molar-refractivity contribution < 1.29 is 9.53 Å². The number of carbonyl (C=O) groups is 1. The summed E-state index contributed by atoms with van der Waals surface area (Å²) in [6.07, 6.45) is 2.51. The Hall–Kier alpha value is -0.140. The first-order valence-electron chi connectivity index (χ1n) is 6.45. The first kappa shape index (κ1) is 17.9. The summed E-state index contributed by atoms with van der Waals surface area (Å²) in [5.74, 6) is 0.113.